The highest BCUT2D eigenvalue weighted by atomic mass is 35.5. The number of rotatable bonds is 7. The molecule has 39 heavy (non-hydrogen) atoms. The molecular formula is C29H29ClN6O3. The molecule has 200 valence electrons. The number of carbonyl (C=O) groups excluding carboxylic acids is 2. The molecule has 0 aliphatic carbocycles. The van der Waals surface area contributed by atoms with Crippen molar-refractivity contribution in [3.63, 3.8) is 0 Å². The van der Waals surface area contributed by atoms with Gasteiger partial charge in [0.2, 0.25) is 11.9 Å². The molecule has 1 fully saturated rings. The van der Waals surface area contributed by atoms with Crippen LogP contribution in [0.1, 0.15) is 53.7 Å². The lowest BCUT2D eigenvalue weighted by Gasteiger charge is -2.28. The number of nitrogens with zero attached hydrogens (tertiary/aromatic N) is 4. The minimum atomic E-state index is -0.715. The number of amides is 2. The molecule has 1 aromatic heterocycles. The van der Waals surface area contributed by atoms with E-state index in [1.165, 1.54) is 4.90 Å². The molecule has 3 aromatic rings. The van der Waals surface area contributed by atoms with E-state index in [2.05, 4.69) is 26.7 Å². The van der Waals surface area contributed by atoms with Gasteiger partial charge >= 0.3 is 0 Å². The average Bonchev–Trinajstić information content (AvgIpc) is 3.24. The Bertz CT molecular complexity index is 1460. The van der Waals surface area contributed by atoms with Gasteiger partial charge in [0.1, 0.15) is 6.54 Å². The van der Waals surface area contributed by atoms with Crippen LogP contribution in [0.4, 0.5) is 5.95 Å². The Hall–Kier alpha value is -4.00. The molecule has 2 aromatic carbocycles. The molecule has 0 spiro atoms. The van der Waals surface area contributed by atoms with E-state index < -0.39 is 5.54 Å². The van der Waals surface area contributed by atoms with Crippen molar-refractivity contribution in [2.75, 3.05) is 25.1 Å². The number of nitrogens with one attached hydrogen (secondary N) is 2. The lowest BCUT2D eigenvalue weighted by molar-refractivity contribution is -0.123. The summed E-state index contributed by atoms with van der Waals surface area (Å²) >= 11 is 6.45. The minimum Gasteiger partial charge on any atom is -0.381 e. The van der Waals surface area contributed by atoms with E-state index in [1.54, 1.807) is 30.5 Å². The van der Waals surface area contributed by atoms with Crippen LogP contribution in [0, 0.1) is 11.3 Å². The topological polar surface area (TPSA) is 120 Å². The molecule has 0 bridgehead atoms. The van der Waals surface area contributed by atoms with Crippen LogP contribution in [-0.2, 0) is 21.6 Å². The number of hydrogen-bond acceptors (Lipinski definition) is 7. The van der Waals surface area contributed by atoms with Crippen molar-refractivity contribution in [1.29, 1.82) is 5.26 Å². The monoisotopic (exact) mass is 544 g/mol. The molecular weight excluding hydrogens is 516 g/mol. The first kappa shape index (κ1) is 26.6. The molecule has 2 amide bonds. The first-order valence-electron chi connectivity index (χ1n) is 12.8. The summed E-state index contributed by atoms with van der Waals surface area (Å²) in [6.45, 7) is 5.38. The normalized spacial score (nSPS) is 15.5. The Morgan fingerprint density at radius 2 is 2.03 bits per heavy atom. The number of ether oxygens (including phenoxy) is 1. The van der Waals surface area contributed by atoms with Gasteiger partial charge in [-0.2, -0.15) is 5.26 Å². The van der Waals surface area contributed by atoms with Gasteiger partial charge in [0.25, 0.3) is 5.91 Å². The minimum absolute atomic E-state index is 0.0857. The summed E-state index contributed by atoms with van der Waals surface area (Å²) < 4.78 is 5.41. The van der Waals surface area contributed by atoms with E-state index >= 15 is 0 Å². The van der Waals surface area contributed by atoms with Crippen LogP contribution in [0.5, 0.6) is 0 Å². The van der Waals surface area contributed by atoms with Gasteiger partial charge in [-0.05, 0) is 56.0 Å². The highest BCUT2D eigenvalue weighted by Crippen LogP contribution is 2.32. The zero-order chi connectivity index (χ0) is 27.6. The molecule has 0 radical (unpaired) electrons. The molecule has 2 N–H and O–H groups in total. The van der Waals surface area contributed by atoms with Crippen LogP contribution >= 0.6 is 11.6 Å². The number of nitriles is 1. The smallest absolute Gasteiger partial charge is 0.254 e. The molecule has 0 unspecified atom stereocenters. The summed E-state index contributed by atoms with van der Waals surface area (Å²) in [7, 11) is 0. The summed E-state index contributed by atoms with van der Waals surface area (Å²) in [5.74, 6) is -0.0298. The first-order valence-corrected chi connectivity index (χ1v) is 13.2. The Balaban J connectivity index is 1.28. The van der Waals surface area contributed by atoms with Crippen molar-refractivity contribution in [2.45, 2.75) is 44.8 Å². The second-order valence-corrected chi connectivity index (χ2v) is 10.7. The Morgan fingerprint density at radius 3 is 2.79 bits per heavy atom. The molecule has 2 aliphatic heterocycles. The Labute approximate surface area is 232 Å². The fourth-order valence-corrected chi connectivity index (χ4v) is 5.11. The third-order valence-corrected chi connectivity index (χ3v) is 7.34. The molecule has 5 rings (SSSR count). The predicted molar refractivity (Wildman–Crippen MR) is 147 cm³/mol. The van der Waals surface area contributed by atoms with Crippen LogP contribution in [0.15, 0.2) is 48.7 Å². The van der Waals surface area contributed by atoms with E-state index in [0.717, 1.165) is 24.0 Å². The van der Waals surface area contributed by atoms with Gasteiger partial charge in [0, 0.05) is 36.9 Å². The Morgan fingerprint density at radius 1 is 1.23 bits per heavy atom. The van der Waals surface area contributed by atoms with E-state index in [-0.39, 0.29) is 24.4 Å². The Kier molecular flexibility index (Phi) is 7.51. The van der Waals surface area contributed by atoms with Gasteiger partial charge in [-0.1, -0.05) is 35.9 Å². The number of fused-ring (bicyclic) bond motifs is 1. The maximum absolute atomic E-state index is 13.3. The third kappa shape index (κ3) is 5.87. The number of benzene rings is 2. The summed E-state index contributed by atoms with van der Waals surface area (Å²) in [5.41, 5.74) is 3.21. The molecule has 0 atom stereocenters. The third-order valence-electron chi connectivity index (χ3n) is 7.06. The van der Waals surface area contributed by atoms with Crippen LogP contribution in [-0.4, -0.2) is 52.5 Å². The lowest BCUT2D eigenvalue weighted by atomic mass is 9.93. The largest absolute Gasteiger partial charge is 0.381 e. The summed E-state index contributed by atoms with van der Waals surface area (Å²) in [6, 6.07) is 15.0. The fourth-order valence-electron chi connectivity index (χ4n) is 4.91. The second kappa shape index (κ2) is 11.0. The maximum atomic E-state index is 13.3. The van der Waals surface area contributed by atoms with Crippen molar-refractivity contribution in [3.05, 3.63) is 75.9 Å². The van der Waals surface area contributed by atoms with Crippen molar-refractivity contribution in [1.82, 2.24) is 20.2 Å². The first-order chi connectivity index (χ1) is 18.7. The van der Waals surface area contributed by atoms with Gasteiger partial charge in [0.15, 0.2) is 0 Å². The molecule has 1 saturated heterocycles. The SMILES string of the molecule is CC(C)(NC(=O)CN1Cc2ccc(-c3nc(NC4CCOCC4)ncc3Cl)cc2C1=O)c1cccc(C#N)c1. The molecule has 0 saturated carbocycles. The molecule has 9 nitrogen and oxygen atoms in total. The second-order valence-electron chi connectivity index (χ2n) is 10.3. The molecule has 2 aliphatic rings. The average molecular weight is 545 g/mol. The maximum Gasteiger partial charge on any atom is 0.254 e. The van der Waals surface area contributed by atoms with E-state index in [1.807, 2.05) is 32.0 Å². The van der Waals surface area contributed by atoms with E-state index in [9.17, 15) is 14.9 Å². The number of hydrogen-bond donors (Lipinski definition) is 2. The standard InChI is InChI=1S/C29H29ClN6O3/c1-29(2,21-5-3-4-18(12-21)14-31)35-25(37)17-36-16-20-7-6-19(13-23(20)27(36)38)26-24(30)15-32-28(34-26)33-22-8-10-39-11-9-22/h3-7,12-13,15,22H,8-11,16-17H2,1-2H3,(H,35,37)(H,32,33,34). The van der Waals surface area contributed by atoms with Crippen molar-refractivity contribution < 1.29 is 14.3 Å². The highest BCUT2D eigenvalue weighted by molar-refractivity contribution is 6.33. The van der Waals surface area contributed by atoms with Crippen LogP contribution < -0.4 is 10.6 Å². The number of anilines is 1. The molecule has 3 heterocycles. The van der Waals surface area contributed by atoms with E-state index in [4.69, 9.17) is 16.3 Å². The fraction of sp³-hybridized carbons (Fsp3) is 0.345. The lowest BCUT2D eigenvalue weighted by Crippen LogP contribution is -2.46. The van der Waals surface area contributed by atoms with E-state index in [0.29, 0.717) is 53.1 Å². The van der Waals surface area contributed by atoms with Crippen LogP contribution in [0.3, 0.4) is 0 Å². The van der Waals surface area contributed by atoms with Gasteiger partial charge in [0.05, 0.1) is 34.1 Å². The number of aromatic nitrogens is 2. The van der Waals surface area contributed by atoms with Gasteiger partial charge in [-0.15, -0.1) is 0 Å². The zero-order valence-corrected chi connectivity index (χ0v) is 22.6. The summed E-state index contributed by atoms with van der Waals surface area (Å²) in [5, 5.41) is 15.9. The summed E-state index contributed by atoms with van der Waals surface area (Å²) in [6.07, 6.45) is 3.31. The number of halogens is 1. The predicted octanol–water partition coefficient (Wildman–Crippen LogP) is 4.27. The highest BCUT2D eigenvalue weighted by Gasteiger charge is 2.31. The zero-order valence-electron chi connectivity index (χ0n) is 21.8. The van der Waals surface area contributed by atoms with Crippen LogP contribution in [0.25, 0.3) is 11.3 Å². The van der Waals surface area contributed by atoms with Crippen molar-refractivity contribution in [2.24, 2.45) is 0 Å². The van der Waals surface area contributed by atoms with Crippen LogP contribution in [0.2, 0.25) is 5.02 Å². The van der Waals surface area contributed by atoms with Gasteiger partial charge < -0.3 is 20.3 Å². The van der Waals surface area contributed by atoms with Gasteiger partial charge in [-0.25, -0.2) is 9.97 Å². The summed E-state index contributed by atoms with van der Waals surface area (Å²) in [4.78, 5) is 36.7. The quantitative estimate of drug-likeness (QED) is 0.456. The van der Waals surface area contributed by atoms with Gasteiger partial charge in [-0.3, -0.25) is 9.59 Å². The van der Waals surface area contributed by atoms with Crippen molar-refractivity contribution in [3.8, 4) is 17.3 Å². The van der Waals surface area contributed by atoms with Crippen molar-refractivity contribution >= 4 is 29.4 Å². The molecule has 10 heteroatoms. The number of carbonyl (C=O) groups is 2.